The van der Waals surface area contributed by atoms with E-state index in [-0.39, 0.29) is 85.2 Å². The fourth-order valence-corrected chi connectivity index (χ4v) is 8.65. The van der Waals surface area contributed by atoms with Crippen LogP contribution in [-0.2, 0) is 41.9 Å². The largest absolute Gasteiger partial charge is 0.445 e. The molecule has 0 radical (unpaired) electrons. The Labute approximate surface area is 524 Å². The van der Waals surface area contributed by atoms with Gasteiger partial charge in [0, 0.05) is 81.2 Å². The Hall–Kier alpha value is -8.31. The van der Waals surface area contributed by atoms with Crippen molar-refractivity contribution >= 4 is 53.9 Å². The van der Waals surface area contributed by atoms with E-state index < -0.39 is 35.2 Å². The standard InChI is InChI=1S/C43H56F2N8O5.C15H24N2O3.C4H10N2O.C2H6.CH3F/c1-29(2)24-51(25-30(3)4)42(57)52(19-11-18-47-41(56)58-27-32-14-16-36(17-15-32)48-37(55)23-46-28-54)38(43(5,6)7)40-49-39(33-20-34(44)22-35(45)21-33)50-53(40)26-31-12-9-8-10-13-31;1-11(2)12(3)16-13(18)7-5-4-6-10-17-14(19)8-9-15(17)20;1-2-3-6-4(5)7;2*1-2/h8-10,12-17,20-22,28-30,38H,11,18-19,23-27H2,1-7H3,(H,46,54)(H,47,56)(H,48,55);8-9,11-12H,4-7,10H2,1-3H3,(H,16,18);2-3H2,1H3,(H3,5,6,7);1-2H3;1H3. The smallest absolute Gasteiger partial charge is 0.407 e. The Morgan fingerprint density at radius 1 is 0.764 bits per heavy atom. The molecule has 0 saturated heterocycles. The zero-order chi connectivity index (χ0) is 67.2. The number of carbonyl (C=O) groups is 8. The van der Waals surface area contributed by atoms with E-state index in [9.17, 15) is 51.5 Å². The van der Waals surface area contributed by atoms with Crippen LogP contribution in [0.5, 0.6) is 0 Å². The highest BCUT2D eigenvalue weighted by molar-refractivity contribution is 6.12. The number of amides is 10. The number of nitrogens with zero attached hydrogens (tertiary/aromatic N) is 6. The molecule has 3 aromatic carbocycles. The lowest BCUT2D eigenvalue weighted by atomic mass is 9.84. The average Bonchev–Trinajstić information content (AvgIpc) is 3.65. The molecule has 1 aromatic heterocycles. The summed E-state index contributed by atoms with van der Waals surface area (Å²) in [6.45, 7) is 29.1. The first kappa shape index (κ1) is 78.7. The van der Waals surface area contributed by atoms with E-state index in [2.05, 4.69) is 68.1 Å². The number of nitrogens with one attached hydrogen (secondary N) is 5. The highest BCUT2D eigenvalue weighted by Gasteiger charge is 2.40. The van der Waals surface area contributed by atoms with E-state index in [1.165, 1.54) is 29.2 Å². The summed E-state index contributed by atoms with van der Waals surface area (Å²) in [7, 11) is 0.500. The van der Waals surface area contributed by atoms with Crippen LogP contribution < -0.4 is 32.3 Å². The van der Waals surface area contributed by atoms with Gasteiger partial charge in [-0.25, -0.2) is 32.8 Å². The van der Waals surface area contributed by atoms with Crippen LogP contribution in [0.4, 0.5) is 33.2 Å². The quantitative estimate of drug-likeness (QED) is 0.0169. The highest BCUT2D eigenvalue weighted by Crippen LogP contribution is 2.39. The molecule has 2 unspecified atom stereocenters. The summed E-state index contributed by atoms with van der Waals surface area (Å²) >= 11 is 0. The minimum Gasteiger partial charge on any atom is -0.445 e. The summed E-state index contributed by atoms with van der Waals surface area (Å²) < 4.78 is 45.6. The van der Waals surface area contributed by atoms with E-state index in [0.29, 0.717) is 82.1 Å². The predicted octanol–water partition coefficient (Wildman–Crippen LogP) is 10.7. The van der Waals surface area contributed by atoms with E-state index >= 15 is 0 Å². The van der Waals surface area contributed by atoms with Gasteiger partial charge in [-0.1, -0.05) is 132 Å². The summed E-state index contributed by atoms with van der Waals surface area (Å²) in [5.41, 5.74) is 6.43. The first-order chi connectivity index (χ1) is 42.2. The second kappa shape index (κ2) is 42.5. The number of carbonyl (C=O) groups excluding carboxylic acids is 8. The number of benzene rings is 3. The Morgan fingerprint density at radius 2 is 1.36 bits per heavy atom. The van der Waals surface area contributed by atoms with E-state index in [1.54, 1.807) is 33.8 Å². The molecule has 1 aliphatic rings. The van der Waals surface area contributed by atoms with Crippen LogP contribution in [0.25, 0.3) is 11.4 Å². The monoisotopic (exact) mass is 1250 g/mol. The number of alkyl carbamates (subject to hydrolysis) is 1. The number of unbranched alkanes of at least 4 members (excludes halogenated alkanes) is 2. The van der Waals surface area contributed by atoms with Gasteiger partial charge in [0.25, 0.3) is 11.8 Å². The third-order valence-electron chi connectivity index (χ3n) is 13.0. The molecule has 89 heavy (non-hydrogen) atoms. The number of hydrogen-bond acceptors (Lipinski definition) is 11. The minimum absolute atomic E-state index is 0.0164. The first-order valence-electron chi connectivity index (χ1n) is 30.4. The fraction of sp³-hybridized carbons (Fsp3) is 0.538. The second-order valence-electron chi connectivity index (χ2n) is 23.0. The predicted molar refractivity (Wildman–Crippen MR) is 341 cm³/mol. The van der Waals surface area contributed by atoms with Crippen LogP contribution in [0, 0.1) is 34.8 Å². The molecular weight excluding hydrogens is 1150 g/mol. The van der Waals surface area contributed by atoms with Crippen molar-refractivity contribution in [2.45, 2.75) is 154 Å². The van der Waals surface area contributed by atoms with Crippen molar-refractivity contribution in [2.24, 2.45) is 28.9 Å². The molecule has 0 spiro atoms. The van der Waals surface area contributed by atoms with Crippen molar-refractivity contribution in [1.29, 1.82) is 0 Å². The summed E-state index contributed by atoms with van der Waals surface area (Å²) in [5.74, 6) is -0.913. The Bertz CT molecular complexity index is 2760. The van der Waals surface area contributed by atoms with Gasteiger partial charge in [-0.2, -0.15) is 5.10 Å². The molecule has 7 N–H and O–H groups in total. The molecule has 24 heteroatoms. The Morgan fingerprint density at radius 3 is 1.88 bits per heavy atom. The SMILES string of the molecule is CC.CC(C)C(C)NC(=O)CCCCCN1C(=O)C=CC1=O.CC(C)CN(CC(C)C)C(=O)N(CCCNC(=O)OCc1ccc(NC(=O)CNC=O)cc1)C(c1nc(-c2cc(F)cc(F)c2)nn1Cc1ccccc1)C(C)(C)C.CCCNC(N)=O.CF. The number of anilines is 1. The first-order valence-corrected chi connectivity index (χ1v) is 30.4. The van der Waals surface area contributed by atoms with Crippen molar-refractivity contribution in [3.8, 4) is 11.4 Å². The molecule has 0 fully saturated rings. The molecule has 2 heterocycles. The van der Waals surface area contributed by atoms with Crippen LogP contribution in [0.15, 0.2) is 84.9 Å². The van der Waals surface area contributed by atoms with Crippen molar-refractivity contribution < 1.29 is 56.3 Å². The molecule has 1 aliphatic heterocycles. The van der Waals surface area contributed by atoms with Gasteiger partial charge in [0.05, 0.1) is 26.3 Å². The molecule has 5 rings (SSSR count). The maximum Gasteiger partial charge on any atom is 0.407 e. The van der Waals surface area contributed by atoms with E-state index in [1.807, 2.05) is 83.7 Å². The number of alkyl halides is 1. The second-order valence-corrected chi connectivity index (χ2v) is 23.0. The summed E-state index contributed by atoms with van der Waals surface area (Å²) in [4.78, 5) is 104. The highest BCUT2D eigenvalue weighted by atomic mass is 19.1. The molecule has 0 bridgehead atoms. The fourth-order valence-electron chi connectivity index (χ4n) is 8.65. The minimum atomic E-state index is -0.756. The van der Waals surface area contributed by atoms with Crippen LogP contribution in [0.1, 0.15) is 152 Å². The average molecular weight is 1250 g/mol. The van der Waals surface area contributed by atoms with E-state index in [4.69, 9.17) is 20.6 Å². The number of nitrogens with two attached hydrogens (primary N) is 1. The summed E-state index contributed by atoms with van der Waals surface area (Å²) in [5, 5.41) is 17.9. The van der Waals surface area contributed by atoms with Gasteiger partial charge in [0.1, 0.15) is 18.2 Å². The van der Waals surface area contributed by atoms with Crippen LogP contribution in [0.3, 0.4) is 0 Å². The number of halogens is 3. The topological polar surface area (TPSA) is 272 Å². The van der Waals surface area contributed by atoms with Crippen molar-refractivity contribution in [3.05, 3.63) is 114 Å². The number of ether oxygens (including phenoxy) is 1. The van der Waals surface area contributed by atoms with Crippen LogP contribution >= 0.6 is 0 Å². The van der Waals surface area contributed by atoms with Crippen molar-refractivity contribution in [2.75, 3.05) is 58.3 Å². The molecule has 4 aromatic rings. The zero-order valence-electron chi connectivity index (χ0n) is 54.7. The number of rotatable bonds is 29. The van der Waals surface area contributed by atoms with Crippen molar-refractivity contribution in [3.63, 3.8) is 0 Å². The third-order valence-corrected chi connectivity index (χ3v) is 13.0. The number of primary amides is 1. The molecule has 21 nitrogen and oxygen atoms in total. The molecular formula is C65H99F3N12O9. The van der Waals surface area contributed by atoms with Gasteiger partial charge in [0.15, 0.2) is 11.6 Å². The number of urea groups is 2. The normalized spacial score (nSPS) is 12.2. The van der Waals surface area contributed by atoms with E-state index in [0.717, 1.165) is 37.3 Å². The number of aromatic nitrogens is 3. The van der Waals surface area contributed by atoms with Gasteiger partial charge in [-0.15, -0.1) is 0 Å². The third kappa shape index (κ3) is 30.9. The van der Waals surface area contributed by atoms with Crippen LogP contribution in [0.2, 0.25) is 0 Å². The maximum absolute atomic E-state index is 14.9. The Balaban J connectivity index is 0.00000105. The summed E-state index contributed by atoms with van der Waals surface area (Å²) in [6.07, 6.45) is 6.54. The molecule has 0 saturated carbocycles. The Kier molecular flexibility index (Phi) is 37.6. The summed E-state index contributed by atoms with van der Waals surface area (Å²) in [6, 6.07) is 18.4. The van der Waals surface area contributed by atoms with Gasteiger partial charge >= 0.3 is 18.2 Å². The van der Waals surface area contributed by atoms with Gasteiger partial charge in [-0.05, 0) is 91.2 Å². The molecule has 494 valence electrons. The van der Waals surface area contributed by atoms with Crippen molar-refractivity contribution in [1.82, 2.24) is 50.7 Å². The maximum atomic E-state index is 14.9. The number of imide groups is 1. The molecule has 10 amide bonds. The molecule has 2 atom stereocenters. The lowest BCUT2D eigenvalue weighted by molar-refractivity contribution is -0.137. The lowest BCUT2D eigenvalue weighted by Crippen LogP contribution is -2.51. The zero-order valence-corrected chi connectivity index (χ0v) is 54.7. The van der Waals surface area contributed by atoms with Crippen LogP contribution in [-0.4, -0.2) is 137 Å². The van der Waals surface area contributed by atoms with Gasteiger partial charge < -0.3 is 46.9 Å². The van der Waals surface area contributed by atoms with Gasteiger partial charge in [0.2, 0.25) is 18.2 Å². The van der Waals surface area contributed by atoms with Gasteiger partial charge in [-0.3, -0.25) is 33.3 Å². The lowest BCUT2D eigenvalue weighted by Gasteiger charge is -2.42. The number of hydrogen-bond donors (Lipinski definition) is 6. The molecule has 0 aliphatic carbocycles.